The van der Waals surface area contributed by atoms with E-state index in [1.54, 1.807) is 5.57 Å². The lowest BCUT2D eigenvalue weighted by Gasteiger charge is -2.37. The van der Waals surface area contributed by atoms with E-state index in [4.69, 9.17) is 4.99 Å². The molecular weight excluding hydrogens is 172 g/mol. The van der Waals surface area contributed by atoms with E-state index in [-0.39, 0.29) is 0 Å². The maximum absolute atomic E-state index is 4.72. The van der Waals surface area contributed by atoms with Gasteiger partial charge in [0.15, 0.2) is 0 Å². The van der Waals surface area contributed by atoms with Gasteiger partial charge in [0, 0.05) is 30.6 Å². The van der Waals surface area contributed by atoms with Gasteiger partial charge >= 0.3 is 0 Å². The van der Waals surface area contributed by atoms with Crippen molar-refractivity contribution in [1.29, 1.82) is 0 Å². The van der Waals surface area contributed by atoms with Gasteiger partial charge in [0.05, 0.1) is 0 Å². The van der Waals surface area contributed by atoms with Gasteiger partial charge in [-0.05, 0) is 37.0 Å². The molecule has 0 aromatic rings. The zero-order valence-electron chi connectivity index (χ0n) is 8.79. The summed E-state index contributed by atoms with van der Waals surface area (Å²) >= 11 is 0. The van der Waals surface area contributed by atoms with Crippen LogP contribution in [0.15, 0.2) is 16.8 Å². The van der Waals surface area contributed by atoms with E-state index < -0.39 is 0 Å². The predicted octanol–water partition coefficient (Wildman–Crippen LogP) is 1.98. The van der Waals surface area contributed by atoms with Crippen LogP contribution in [0.1, 0.15) is 26.2 Å². The summed E-state index contributed by atoms with van der Waals surface area (Å²) in [6.07, 6.45) is 6.16. The molecule has 0 amide bonds. The lowest BCUT2D eigenvalue weighted by atomic mass is 9.69. The number of aliphatic imine (C=N–C) groups is 1. The Hall–Kier alpha value is -0.790. The molecule has 3 aliphatic rings. The lowest BCUT2D eigenvalue weighted by Crippen LogP contribution is -2.36. The largest absolute Gasteiger partial charge is 0.390 e. The van der Waals surface area contributed by atoms with Gasteiger partial charge < -0.3 is 5.32 Å². The first-order valence-electron chi connectivity index (χ1n) is 5.83. The van der Waals surface area contributed by atoms with Crippen LogP contribution in [0.5, 0.6) is 0 Å². The highest BCUT2D eigenvalue weighted by Crippen LogP contribution is 2.41. The van der Waals surface area contributed by atoms with Gasteiger partial charge in [0.1, 0.15) is 0 Å². The minimum Gasteiger partial charge on any atom is -0.390 e. The van der Waals surface area contributed by atoms with E-state index in [0.717, 1.165) is 30.8 Å². The average molecular weight is 190 g/mol. The molecule has 14 heavy (non-hydrogen) atoms. The van der Waals surface area contributed by atoms with E-state index in [9.17, 15) is 0 Å². The highest BCUT2D eigenvalue weighted by atomic mass is 14.9. The number of nitrogens with zero attached hydrogens (tertiary/aromatic N) is 1. The van der Waals surface area contributed by atoms with Crippen molar-refractivity contribution in [3.63, 3.8) is 0 Å². The fraction of sp³-hybridized carbons (Fsp3) is 0.750. The molecule has 0 spiro atoms. The molecule has 0 saturated heterocycles. The van der Waals surface area contributed by atoms with Crippen LogP contribution >= 0.6 is 0 Å². The summed E-state index contributed by atoms with van der Waals surface area (Å²) in [5.74, 6) is 2.27. The minimum absolute atomic E-state index is 0.739. The van der Waals surface area contributed by atoms with Gasteiger partial charge in [-0.3, -0.25) is 4.99 Å². The number of fused-ring (bicyclic) bond motifs is 2. The van der Waals surface area contributed by atoms with Crippen LogP contribution < -0.4 is 5.32 Å². The molecule has 1 saturated carbocycles. The van der Waals surface area contributed by atoms with Crippen LogP contribution in [-0.4, -0.2) is 18.8 Å². The molecule has 1 fully saturated rings. The summed E-state index contributed by atoms with van der Waals surface area (Å²) in [7, 11) is 0. The van der Waals surface area contributed by atoms with Crippen molar-refractivity contribution in [3.05, 3.63) is 11.8 Å². The van der Waals surface area contributed by atoms with Crippen molar-refractivity contribution >= 4 is 5.71 Å². The minimum atomic E-state index is 0.739. The molecular formula is C12H18N2. The zero-order valence-corrected chi connectivity index (χ0v) is 8.79. The summed E-state index contributed by atoms with van der Waals surface area (Å²) in [6, 6.07) is 0. The molecule has 2 nitrogen and oxygen atoms in total. The van der Waals surface area contributed by atoms with Gasteiger partial charge in [-0.1, -0.05) is 6.92 Å². The number of hydrogen-bond acceptors (Lipinski definition) is 2. The SMILES string of the molecule is CC1C2=CNC[C@@H]2CC2=NCCC[C@H]21. The van der Waals surface area contributed by atoms with E-state index in [2.05, 4.69) is 18.4 Å². The quantitative estimate of drug-likeness (QED) is 0.620. The second kappa shape index (κ2) is 3.11. The molecule has 2 heteroatoms. The molecule has 2 heterocycles. The standard InChI is InChI=1S/C12H18N2/c1-8-10-3-2-4-14-12(10)5-9-6-13-7-11(8)9/h7-10,13H,2-6H2,1H3/t8?,9-,10-/m0/s1. The smallest absolute Gasteiger partial charge is 0.0389 e. The third kappa shape index (κ3) is 1.13. The zero-order chi connectivity index (χ0) is 9.54. The van der Waals surface area contributed by atoms with Crippen LogP contribution in [0.4, 0.5) is 0 Å². The Kier molecular flexibility index (Phi) is 1.89. The molecule has 3 rings (SSSR count). The summed E-state index contributed by atoms with van der Waals surface area (Å²) in [5, 5.41) is 3.39. The third-order valence-electron chi connectivity index (χ3n) is 4.11. The molecule has 1 unspecified atom stereocenters. The molecule has 0 bridgehead atoms. The Bertz CT molecular complexity index is 303. The molecule has 3 atom stereocenters. The average Bonchev–Trinajstić information content (AvgIpc) is 2.66. The molecule has 0 radical (unpaired) electrons. The molecule has 1 aliphatic carbocycles. The van der Waals surface area contributed by atoms with Crippen molar-refractivity contribution in [1.82, 2.24) is 5.32 Å². The topological polar surface area (TPSA) is 24.4 Å². The van der Waals surface area contributed by atoms with Crippen LogP contribution in [0.3, 0.4) is 0 Å². The van der Waals surface area contributed by atoms with Gasteiger partial charge in [-0.2, -0.15) is 0 Å². The van der Waals surface area contributed by atoms with Gasteiger partial charge in [-0.15, -0.1) is 0 Å². The first-order valence-corrected chi connectivity index (χ1v) is 5.83. The fourth-order valence-electron chi connectivity index (χ4n) is 3.30. The van der Waals surface area contributed by atoms with Crippen molar-refractivity contribution in [3.8, 4) is 0 Å². The maximum Gasteiger partial charge on any atom is 0.0389 e. The molecule has 2 aliphatic heterocycles. The monoisotopic (exact) mass is 190 g/mol. The predicted molar refractivity (Wildman–Crippen MR) is 58.4 cm³/mol. The van der Waals surface area contributed by atoms with Gasteiger partial charge in [0.25, 0.3) is 0 Å². The van der Waals surface area contributed by atoms with E-state index in [1.165, 1.54) is 25.0 Å². The number of rotatable bonds is 0. The Balaban J connectivity index is 1.93. The third-order valence-corrected chi connectivity index (χ3v) is 4.11. The van der Waals surface area contributed by atoms with Crippen LogP contribution in [0.2, 0.25) is 0 Å². The van der Waals surface area contributed by atoms with E-state index in [0.29, 0.717) is 0 Å². The number of nitrogens with one attached hydrogen (secondary N) is 1. The molecule has 76 valence electrons. The first-order chi connectivity index (χ1) is 6.86. The summed E-state index contributed by atoms with van der Waals surface area (Å²) < 4.78 is 0. The Morgan fingerprint density at radius 3 is 3.36 bits per heavy atom. The van der Waals surface area contributed by atoms with E-state index >= 15 is 0 Å². The molecule has 0 aromatic carbocycles. The van der Waals surface area contributed by atoms with Crippen molar-refractivity contribution in [2.24, 2.45) is 22.7 Å². The maximum atomic E-state index is 4.72. The lowest BCUT2D eigenvalue weighted by molar-refractivity contribution is 0.385. The summed E-state index contributed by atoms with van der Waals surface area (Å²) in [4.78, 5) is 4.72. The second-order valence-corrected chi connectivity index (χ2v) is 4.86. The van der Waals surface area contributed by atoms with Crippen molar-refractivity contribution < 1.29 is 0 Å². The van der Waals surface area contributed by atoms with Gasteiger partial charge in [-0.25, -0.2) is 0 Å². The fourth-order valence-corrected chi connectivity index (χ4v) is 3.30. The normalized spacial score (nSPS) is 40.5. The van der Waals surface area contributed by atoms with Crippen molar-refractivity contribution in [2.75, 3.05) is 13.1 Å². The second-order valence-electron chi connectivity index (χ2n) is 4.86. The van der Waals surface area contributed by atoms with Crippen molar-refractivity contribution in [2.45, 2.75) is 26.2 Å². The molecule has 1 N–H and O–H groups in total. The highest BCUT2D eigenvalue weighted by Gasteiger charge is 2.38. The molecule has 0 aromatic heterocycles. The highest BCUT2D eigenvalue weighted by molar-refractivity contribution is 5.89. The Morgan fingerprint density at radius 2 is 2.43 bits per heavy atom. The van der Waals surface area contributed by atoms with Crippen LogP contribution in [0.25, 0.3) is 0 Å². The first kappa shape index (κ1) is 8.51. The summed E-state index contributed by atoms with van der Waals surface area (Å²) in [5.41, 5.74) is 3.19. The Morgan fingerprint density at radius 1 is 1.50 bits per heavy atom. The van der Waals surface area contributed by atoms with E-state index in [1.807, 2.05) is 0 Å². The Labute approximate surface area is 85.5 Å². The van der Waals surface area contributed by atoms with Crippen LogP contribution in [0, 0.1) is 17.8 Å². The summed E-state index contributed by atoms with van der Waals surface area (Å²) in [6.45, 7) is 4.61. The number of hydrogen-bond donors (Lipinski definition) is 1. The van der Waals surface area contributed by atoms with Gasteiger partial charge in [0.2, 0.25) is 0 Å². The van der Waals surface area contributed by atoms with Crippen LogP contribution in [-0.2, 0) is 0 Å².